The minimum Gasteiger partial charge on any atom is -0.352 e. The summed E-state index contributed by atoms with van der Waals surface area (Å²) in [5.74, 6) is -0.104. The Balaban J connectivity index is 0.000000185. The Bertz CT molecular complexity index is 4440. The summed E-state index contributed by atoms with van der Waals surface area (Å²) in [6.07, 6.45) is 3.31. The van der Waals surface area contributed by atoms with Crippen LogP contribution in [0.3, 0.4) is 0 Å². The Kier molecular flexibility index (Phi) is 26.8. The maximum absolute atomic E-state index is 13.1. The van der Waals surface area contributed by atoms with Crippen molar-refractivity contribution in [3.8, 4) is 33.4 Å². The lowest BCUT2D eigenvalue weighted by Gasteiger charge is -2.15. The summed E-state index contributed by atoms with van der Waals surface area (Å²) in [6, 6.07) is 77.2. The summed E-state index contributed by atoms with van der Waals surface area (Å²) < 4.78 is 55.0. The van der Waals surface area contributed by atoms with Crippen molar-refractivity contribution in [3.63, 3.8) is 0 Å². The smallest absolute Gasteiger partial charge is 0.252 e. The standard InChI is InChI=1S/C29H28N2O3S.C26H28N2O2.C24H27N3O3S/c1-22-10-9-13-24(18-22)19-30-29(32)28-17-8-7-16-27(28)26-15-6-5-14-25(26)20-31-35(33,34)21-23-11-3-2-4-12-23;1-19(2)16-17-27-26(30)24-15-9-8-14-23(24)22-13-7-6-12-21(22)18-28-25(29)20-10-4-3-5-11-20;1-18(2)31(29,30)27-17-19-9-3-4-11-21(19)22-12-5-6-13-23(22)24(28)26-16-14-20-10-7-8-15-25-20/h2-18,31H,19-21H2,1H3,(H,30,32);3-15,19H,16-18H2,1-2H3,(H,27,30)(H,28,29);3-13,15,18,27H,14,16-17H2,1-2H3,(H,26,28). The Morgan fingerprint density at radius 1 is 0.396 bits per heavy atom. The van der Waals surface area contributed by atoms with Gasteiger partial charge in [0.2, 0.25) is 20.0 Å². The number of pyridine rings is 1. The molecule has 4 amide bonds. The van der Waals surface area contributed by atoms with Crippen LogP contribution >= 0.6 is 0 Å². The highest BCUT2D eigenvalue weighted by molar-refractivity contribution is 7.90. The van der Waals surface area contributed by atoms with Crippen LogP contribution in [0.1, 0.15) is 115 Å². The van der Waals surface area contributed by atoms with Crippen molar-refractivity contribution in [1.82, 2.24) is 35.7 Å². The molecule has 6 N–H and O–H groups in total. The number of carbonyl (C=O) groups is 4. The minimum absolute atomic E-state index is 0.0747. The summed E-state index contributed by atoms with van der Waals surface area (Å²) in [7, 11) is -6.93. The van der Waals surface area contributed by atoms with Gasteiger partial charge in [-0.15, -0.1) is 0 Å². The van der Waals surface area contributed by atoms with Crippen molar-refractivity contribution < 1.29 is 36.0 Å². The summed E-state index contributed by atoms with van der Waals surface area (Å²) in [5, 5.41) is 11.5. The van der Waals surface area contributed by atoms with Gasteiger partial charge in [0, 0.05) is 79.8 Å². The second kappa shape index (κ2) is 35.9. The van der Waals surface area contributed by atoms with Crippen molar-refractivity contribution in [2.45, 2.75) is 84.6 Å². The lowest BCUT2D eigenvalue weighted by Crippen LogP contribution is -2.30. The van der Waals surface area contributed by atoms with Gasteiger partial charge in [0.05, 0.1) is 11.0 Å². The molecule has 0 spiro atoms. The van der Waals surface area contributed by atoms with E-state index in [1.165, 1.54) is 0 Å². The predicted octanol–water partition coefficient (Wildman–Crippen LogP) is 13.8. The minimum atomic E-state index is -3.53. The largest absolute Gasteiger partial charge is 0.352 e. The highest BCUT2D eigenvalue weighted by atomic mass is 32.2. The van der Waals surface area contributed by atoms with Gasteiger partial charge in [0.1, 0.15) is 0 Å². The van der Waals surface area contributed by atoms with Gasteiger partial charge in [0.25, 0.3) is 23.6 Å². The van der Waals surface area contributed by atoms with Crippen LogP contribution in [-0.2, 0) is 58.4 Å². The molecule has 1 aromatic heterocycles. The number of amides is 4. The normalized spacial score (nSPS) is 11.1. The van der Waals surface area contributed by atoms with E-state index in [1.807, 2.05) is 219 Å². The Labute approximate surface area is 565 Å². The number of benzene rings is 9. The summed E-state index contributed by atoms with van der Waals surface area (Å²) in [5.41, 5.74) is 13.7. The fourth-order valence-corrected chi connectivity index (χ4v) is 12.2. The van der Waals surface area contributed by atoms with E-state index in [4.69, 9.17) is 0 Å². The van der Waals surface area contributed by atoms with Gasteiger partial charge in [-0.2, -0.15) is 0 Å². The first-order valence-corrected chi connectivity index (χ1v) is 35.2. The van der Waals surface area contributed by atoms with E-state index in [1.54, 1.807) is 56.4 Å². The van der Waals surface area contributed by atoms with Gasteiger partial charge < -0.3 is 21.3 Å². The molecule has 0 radical (unpaired) electrons. The molecule has 0 bridgehead atoms. The highest BCUT2D eigenvalue weighted by Crippen LogP contribution is 2.31. The van der Waals surface area contributed by atoms with Gasteiger partial charge in [-0.25, -0.2) is 26.3 Å². The van der Waals surface area contributed by atoms with Gasteiger partial charge in [-0.1, -0.05) is 226 Å². The molecule has 0 aliphatic carbocycles. The van der Waals surface area contributed by atoms with Crippen LogP contribution in [0.2, 0.25) is 0 Å². The topological polar surface area (TPSA) is 222 Å². The van der Waals surface area contributed by atoms with E-state index >= 15 is 0 Å². The average Bonchev–Trinajstić information content (AvgIpc) is 0.837. The van der Waals surface area contributed by atoms with E-state index in [0.29, 0.717) is 60.8 Å². The van der Waals surface area contributed by atoms with E-state index in [2.05, 4.69) is 49.5 Å². The molecule has 494 valence electrons. The molecule has 0 aliphatic rings. The van der Waals surface area contributed by atoms with Gasteiger partial charge in [-0.3, -0.25) is 24.2 Å². The molecular formula is C79H83N7O8S2. The second-order valence-corrected chi connectivity index (χ2v) is 27.7. The zero-order valence-corrected chi connectivity index (χ0v) is 56.4. The van der Waals surface area contributed by atoms with Crippen molar-refractivity contribution in [3.05, 3.63) is 316 Å². The van der Waals surface area contributed by atoms with Gasteiger partial charge >= 0.3 is 0 Å². The Hall–Kier alpha value is -10.2. The number of sulfonamides is 2. The maximum Gasteiger partial charge on any atom is 0.252 e. The molecule has 9 aromatic carbocycles. The number of nitrogens with one attached hydrogen (secondary N) is 6. The van der Waals surface area contributed by atoms with Gasteiger partial charge in [0.15, 0.2) is 0 Å². The molecule has 0 fully saturated rings. The Morgan fingerprint density at radius 2 is 0.823 bits per heavy atom. The molecule has 1 heterocycles. The van der Waals surface area contributed by atoms with Crippen LogP contribution in [-0.4, -0.2) is 63.8 Å². The third-order valence-electron chi connectivity index (χ3n) is 15.6. The van der Waals surface area contributed by atoms with Crippen LogP contribution in [0.5, 0.6) is 0 Å². The molecule has 0 aliphatic heterocycles. The Morgan fingerprint density at radius 3 is 1.32 bits per heavy atom. The van der Waals surface area contributed by atoms with Crippen LogP contribution in [0.15, 0.2) is 255 Å². The molecule has 0 saturated heterocycles. The molecule has 0 unspecified atom stereocenters. The predicted molar refractivity (Wildman–Crippen MR) is 384 cm³/mol. The summed E-state index contributed by atoms with van der Waals surface area (Å²) in [6.45, 7) is 11.8. The second-order valence-electron chi connectivity index (χ2n) is 23.6. The first kappa shape index (κ1) is 71.7. The third kappa shape index (κ3) is 21.7. The van der Waals surface area contributed by atoms with E-state index in [9.17, 15) is 36.0 Å². The van der Waals surface area contributed by atoms with Crippen LogP contribution in [0.4, 0.5) is 0 Å². The lowest BCUT2D eigenvalue weighted by atomic mass is 9.94. The molecule has 10 rings (SSSR count). The van der Waals surface area contributed by atoms with Crippen LogP contribution in [0, 0.1) is 12.8 Å². The number of aromatic nitrogens is 1. The van der Waals surface area contributed by atoms with Crippen LogP contribution in [0.25, 0.3) is 33.4 Å². The fraction of sp³-hybridized carbons (Fsp3) is 0.203. The highest BCUT2D eigenvalue weighted by Gasteiger charge is 2.21. The number of hydrogen-bond donors (Lipinski definition) is 6. The average molecular weight is 1320 g/mol. The molecule has 15 nitrogen and oxygen atoms in total. The zero-order valence-electron chi connectivity index (χ0n) is 54.8. The van der Waals surface area contributed by atoms with Crippen molar-refractivity contribution in [2.75, 3.05) is 13.1 Å². The lowest BCUT2D eigenvalue weighted by molar-refractivity contribution is 0.0943. The van der Waals surface area contributed by atoms with E-state index in [0.717, 1.165) is 78.9 Å². The first-order valence-electron chi connectivity index (χ1n) is 32.0. The SMILES string of the molecule is CC(C)CCNC(=O)c1ccccc1-c1ccccc1CNC(=O)c1ccccc1.CC(C)S(=O)(=O)NCc1ccccc1-c1ccccc1C(=O)NCCc1ccccn1.Cc1cccc(CNC(=O)c2ccccc2-c2ccccc2CNS(=O)(=O)Cc2ccccc2)c1. The quantitative estimate of drug-likeness (QED) is 0.0303. The number of carbonyl (C=O) groups excluding carboxylic acids is 4. The molecule has 0 saturated carbocycles. The maximum atomic E-state index is 13.1. The molecular weight excluding hydrogens is 1240 g/mol. The molecule has 17 heteroatoms. The summed E-state index contributed by atoms with van der Waals surface area (Å²) >= 11 is 0. The zero-order chi connectivity index (χ0) is 68.3. The van der Waals surface area contributed by atoms with Crippen molar-refractivity contribution >= 4 is 43.7 Å². The van der Waals surface area contributed by atoms with E-state index in [-0.39, 0.29) is 42.5 Å². The monoisotopic (exact) mass is 1320 g/mol. The number of hydrogen-bond acceptors (Lipinski definition) is 9. The molecule has 96 heavy (non-hydrogen) atoms. The first-order chi connectivity index (χ1) is 46.4. The number of nitrogens with zero attached hydrogens (tertiary/aromatic N) is 1. The van der Waals surface area contributed by atoms with Crippen LogP contribution < -0.4 is 30.7 Å². The van der Waals surface area contributed by atoms with Crippen molar-refractivity contribution in [1.29, 1.82) is 0 Å². The third-order valence-corrected chi connectivity index (χ3v) is 18.7. The van der Waals surface area contributed by atoms with Crippen molar-refractivity contribution in [2.24, 2.45) is 5.92 Å². The summed E-state index contributed by atoms with van der Waals surface area (Å²) in [4.78, 5) is 55.5. The number of rotatable bonds is 26. The number of aryl methyl sites for hydroxylation is 1. The van der Waals surface area contributed by atoms with Gasteiger partial charge in [-0.05, 0) is 137 Å². The van der Waals surface area contributed by atoms with E-state index < -0.39 is 25.3 Å². The molecule has 0 atom stereocenters. The molecule has 10 aromatic rings. The fourth-order valence-electron chi connectivity index (χ4n) is 10.4.